The molecule has 0 spiro atoms. The van der Waals surface area contributed by atoms with Gasteiger partial charge in [-0.25, -0.2) is 0 Å². The van der Waals surface area contributed by atoms with Crippen LogP contribution in [-0.4, -0.2) is 154 Å². The summed E-state index contributed by atoms with van der Waals surface area (Å²) in [6.45, 7) is 14.1. The second kappa shape index (κ2) is 31.7. The Morgan fingerprint density at radius 3 is 1.12 bits per heavy atom. The van der Waals surface area contributed by atoms with Crippen molar-refractivity contribution in [2.45, 2.75) is 193 Å². The molecular weight excluding hydrogens is 1080 g/mol. The van der Waals surface area contributed by atoms with Crippen molar-refractivity contribution in [2.75, 3.05) is 13.1 Å². The Morgan fingerprint density at radius 1 is 0.429 bits per heavy atom. The minimum Gasteiger partial charge on any atom is -0.370 e. The van der Waals surface area contributed by atoms with Gasteiger partial charge < -0.3 is 63.8 Å². The second-order valence-electron chi connectivity index (χ2n) is 23.9. The smallest absolute Gasteiger partial charge is 0.246 e. The maximum absolute atomic E-state index is 14.9. The van der Waals surface area contributed by atoms with Gasteiger partial charge in [-0.05, 0) is 86.2 Å². The fourth-order valence-corrected chi connectivity index (χ4v) is 10.8. The standard InChI is InChI=1S/C60H88N12O12/c1-33(2)29-41-54(78)67-43(31-37-17-11-9-12-18-37)59(83)72-28-16-22-46(72)56(80)70-50(36(7)8)57(81)64-40(24-26-48(62)74)52(76)69-49(35(5)6)58(82)68-44(32-38-19-13-10-14-20-38)60(84)71-27-15-21-45(71)55(79)66-42(30-34(3)4)53(77)63-39(51(75)65-41)23-25-47(61)73/h9-14,17-20,33-36,39-46,49-50H,15-16,21-32H2,1-8H3,(H2,61,73)(H2,62,74)(H,63,77)(H,64,81)(H,65,75)(H,66,79)(H,67,78)(H,68,82)(H,69,76)(H,70,80)/t39-,40-,41-,42-,43-,44-,45-,46-,49-,50-/m0/s1. The van der Waals surface area contributed by atoms with Gasteiger partial charge in [0.15, 0.2) is 0 Å². The average molecular weight is 1170 g/mol. The SMILES string of the molecule is CC(C)C[C@@H]1NC(=O)[C@H](CCC(N)=O)NC(=O)[C@H](CC(C)C)NC(=O)[C@@H]2CCCN2C(=O)[C@H](Cc2ccccc2)NC(=O)[C@H](C(C)C)NC(=O)[C@H](CCC(N)=O)NC(=O)[C@H](C(C)C)NC(=O)[C@@H]2CCCN2C(=O)[C@H](Cc2ccccc2)NC1=O. The molecule has 0 aromatic heterocycles. The van der Waals surface area contributed by atoms with Crippen LogP contribution in [0.3, 0.4) is 0 Å². The summed E-state index contributed by atoms with van der Waals surface area (Å²) in [6.07, 6.45) is -0.161. The number of carbonyl (C=O) groups excluding carboxylic acids is 12. The summed E-state index contributed by atoms with van der Waals surface area (Å²) in [5.74, 6) is -10.7. The molecule has 12 N–H and O–H groups in total. The minimum atomic E-state index is -1.47. The molecule has 3 aliphatic heterocycles. The molecule has 24 nitrogen and oxygen atoms in total. The van der Waals surface area contributed by atoms with E-state index in [1.807, 2.05) is 27.7 Å². The van der Waals surface area contributed by atoms with E-state index in [-0.39, 0.29) is 89.1 Å². The van der Waals surface area contributed by atoms with E-state index in [0.29, 0.717) is 24.0 Å². The molecule has 3 fully saturated rings. The van der Waals surface area contributed by atoms with Gasteiger partial charge in [0, 0.05) is 38.8 Å². The zero-order chi connectivity index (χ0) is 61.9. The van der Waals surface area contributed by atoms with Gasteiger partial charge in [0.1, 0.15) is 60.4 Å². The molecule has 2 aromatic carbocycles. The number of nitrogens with two attached hydrogens (primary N) is 2. The van der Waals surface area contributed by atoms with Crippen molar-refractivity contribution in [2.24, 2.45) is 35.1 Å². The minimum absolute atomic E-state index is 0.0367. The molecule has 5 rings (SSSR count). The normalized spacial score (nSPS) is 26.1. The first-order chi connectivity index (χ1) is 39.7. The molecule has 3 heterocycles. The van der Waals surface area contributed by atoms with Gasteiger partial charge in [0.25, 0.3) is 0 Å². The molecule has 84 heavy (non-hydrogen) atoms. The van der Waals surface area contributed by atoms with Crippen LogP contribution in [0.5, 0.6) is 0 Å². The Kier molecular flexibility index (Phi) is 25.2. The lowest BCUT2D eigenvalue weighted by Gasteiger charge is -2.33. The number of primary amides is 2. The number of fused-ring (bicyclic) bond motifs is 2. The summed E-state index contributed by atoms with van der Waals surface area (Å²) >= 11 is 0. The van der Waals surface area contributed by atoms with Crippen LogP contribution in [0.2, 0.25) is 0 Å². The van der Waals surface area contributed by atoms with E-state index in [9.17, 15) is 57.5 Å². The number of nitrogens with zero attached hydrogens (tertiary/aromatic N) is 2. The summed E-state index contributed by atoms with van der Waals surface area (Å²) in [4.78, 5) is 173. The first-order valence-corrected chi connectivity index (χ1v) is 29.4. The van der Waals surface area contributed by atoms with Crippen LogP contribution in [0.1, 0.15) is 131 Å². The number of rotatable bonds is 16. The molecule has 3 aliphatic rings. The Hall–Kier alpha value is -7.92. The lowest BCUT2D eigenvalue weighted by molar-refractivity contribution is -0.143. The van der Waals surface area contributed by atoms with Crippen LogP contribution in [0.4, 0.5) is 0 Å². The first-order valence-electron chi connectivity index (χ1n) is 29.4. The summed E-state index contributed by atoms with van der Waals surface area (Å²) in [7, 11) is 0. The highest BCUT2D eigenvalue weighted by Crippen LogP contribution is 2.24. The molecule has 2 aromatic rings. The molecule has 460 valence electrons. The maximum Gasteiger partial charge on any atom is 0.246 e. The molecule has 0 aliphatic carbocycles. The fraction of sp³-hybridized carbons (Fsp3) is 0.600. The third-order valence-corrected chi connectivity index (χ3v) is 15.3. The van der Waals surface area contributed by atoms with E-state index in [4.69, 9.17) is 11.5 Å². The van der Waals surface area contributed by atoms with Crippen LogP contribution in [0.15, 0.2) is 60.7 Å². The quantitative estimate of drug-likeness (QED) is 0.108. The monoisotopic (exact) mass is 1170 g/mol. The molecule has 0 radical (unpaired) electrons. The zero-order valence-corrected chi connectivity index (χ0v) is 49.7. The van der Waals surface area contributed by atoms with E-state index >= 15 is 0 Å². The maximum atomic E-state index is 14.9. The van der Waals surface area contributed by atoms with Crippen molar-refractivity contribution in [1.29, 1.82) is 0 Å². The van der Waals surface area contributed by atoms with E-state index in [1.54, 1.807) is 88.4 Å². The van der Waals surface area contributed by atoms with Crippen LogP contribution in [0.25, 0.3) is 0 Å². The predicted molar refractivity (Wildman–Crippen MR) is 311 cm³/mol. The van der Waals surface area contributed by atoms with Crippen molar-refractivity contribution in [1.82, 2.24) is 52.3 Å². The molecule has 0 unspecified atom stereocenters. The van der Waals surface area contributed by atoms with Gasteiger partial charge in [0.05, 0.1) is 0 Å². The molecule has 0 saturated carbocycles. The van der Waals surface area contributed by atoms with Crippen molar-refractivity contribution in [3.05, 3.63) is 71.8 Å². The third-order valence-electron chi connectivity index (χ3n) is 15.3. The van der Waals surface area contributed by atoms with Gasteiger partial charge in [-0.15, -0.1) is 0 Å². The van der Waals surface area contributed by atoms with E-state index in [1.165, 1.54) is 9.80 Å². The van der Waals surface area contributed by atoms with Gasteiger partial charge in [-0.2, -0.15) is 0 Å². The molecular formula is C60H88N12O12. The number of nitrogens with one attached hydrogen (secondary N) is 8. The topological polar surface area (TPSA) is 360 Å². The predicted octanol–water partition coefficient (Wildman–Crippen LogP) is 0.281. The van der Waals surface area contributed by atoms with Crippen LogP contribution in [0, 0.1) is 23.7 Å². The third kappa shape index (κ3) is 19.6. The molecule has 12 amide bonds. The highest BCUT2D eigenvalue weighted by Gasteiger charge is 2.43. The number of carbonyl (C=O) groups is 12. The summed E-state index contributed by atoms with van der Waals surface area (Å²) < 4.78 is 0. The Morgan fingerprint density at radius 2 is 0.738 bits per heavy atom. The number of hydrogen-bond acceptors (Lipinski definition) is 12. The second-order valence-corrected chi connectivity index (χ2v) is 23.9. The van der Waals surface area contributed by atoms with Crippen LogP contribution in [-0.2, 0) is 70.4 Å². The zero-order valence-electron chi connectivity index (χ0n) is 49.7. The average Bonchev–Trinajstić information content (AvgIpc) is 3.73. The molecule has 3 saturated heterocycles. The Balaban J connectivity index is 1.60. The fourth-order valence-electron chi connectivity index (χ4n) is 10.8. The summed E-state index contributed by atoms with van der Waals surface area (Å²) in [5.41, 5.74) is 12.4. The lowest BCUT2D eigenvalue weighted by Crippen LogP contribution is -2.62. The molecule has 0 bridgehead atoms. The van der Waals surface area contributed by atoms with Gasteiger partial charge in [0.2, 0.25) is 70.9 Å². The largest absolute Gasteiger partial charge is 0.370 e. The van der Waals surface area contributed by atoms with Crippen LogP contribution >= 0.6 is 0 Å². The van der Waals surface area contributed by atoms with Crippen LogP contribution < -0.4 is 54.0 Å². The lowest BCUT2D eigenvalue weighted by atomic mass is 9.98. The first kappa shape index (κ1) is 66.9. The van der Waals surface area contributed by atoms with Crippen molar-refractivity contribution in [3.63, 3.8) is 0 Å². The molecule has 24 heteroatoms. The van der Waals surface area contributed by atoms with Crippen molar-refractivity contribution in [3.8, 4) is 0 Å². The van der Waals surface area contributed by atoms with Gasteiger partial charge in [-0.1, -0.05) is 116 Å². The van der Waals surface area contributed by atoms with Crippen molar-refractivity contribution < 1.29 is 57.5 Å². The number of amides is 12. The van der Waals surface area contributed by atoms with E-state index in [2.05, 4.69) is 42.5 Å². The summed E-state index contributed by atoms with van der Waals surface area (Å²) in [6, 6.07) is 4.62. The molecule has 10 atom stereocenters. The Labute approximate surface area is 492 Å². The Bertz CT molecular complexity index is 2670. The number of hydrogen-bond donors (Lipinski definition) is 10. The van der Waals surface area contributed by atoms with Gasteiger partial charge in [-0.3, -0.25) is 57.5 Å². The van der Waals surface area contributed by atoms with E-state index in [0.717, 1.165) is 0 Å². The highest BCUT2D eigenvalue weighted by atomic mass is 16.2. The van der Waals surface area contributed by atoms with E-state index < -0.39 is 143 Å². The summed E-state index contributed by atoms with van der Waals surface area (Å²) in [5, 5.41) is 22.0. The van der Waals surface area contributed by atoms with Crippen molar-refractivity contribution >= 4 is 70.9 Å². The number of benzene rings is 2. The van der Waals surface area contributed by atoms with Gasteiger partial charge >= 0.3 is 0 Å². The highest BCUT2D eigenvalue weighted by molar-refractivity contribution is 6.00.